The Balaban J connectivity index is 1.69. The van der Waals surface area contributed by atoms with E-state index in [1.807, 2.05) is 19.1 Å². The van der Waals surface area contributed by atoms with Gasteiger partial charge < -0.3 is 24.5 Å². The summed E-state index contributed by atoms with van der Waals surface area (Å²) in [5, 5.41) is 5.85. The number of methoxy groups -OCH3 is 2. The third-order valence-electron chi connectivity index (χ3n) is 5.50. The molecule has 3 aromatic carbocycles. The molecule has 35 heavy (non-hydrogen) atoms. The molecule has 2 N–H and O–H groups in total. The molecule has 0 aliphatic heterocycles. The molecule has 4 aromatic rings. The Kier molecular flexibility index (Phi) is 6.82. The molecule has 0 atom stereocenters. The lowest BCUT2D eigenvalue weighted by Gasteiger charge is -2.16. The first-order chi connectivity index (χ1) is 16.9. The number of rotatable bonds is 7. The zero-order valence-electron chi connectivity index (χ0n) is 19.5. The molecule has 4 rings (SSSR count). The predicted molar refractivity (Wildman–Crippen MR) is 134 cm³/mol. The van der Waals surface area contributed by atoms with Crippen LogP contribution in [0.1, 0.15) is 33.4 Å². The van der Waals surface area contributed by atoms with Crippen LogP contribution >= 0.6 is 0 Å². The van der Waals surface area contributed by atoms with Crippen molar-refractivity contribution < 1.29 is 23.5 Å². The number of para-hydroxylation sites is 1. The maximum absolute atomic E-state index is 13.2. The SMILES string of the molecule is CCc1ccc(NC(=O)c2cc(OC)c(OC)cc2NC(=O)c2cc(=O)c3ccccc3o2)cc1. The molecule has 0 fully saturated rings. The zero-order valence-corrected chi connectivity index (χ0v) is 19.5. The minimum atomic E-state index is -0.693. The van der Waals surface area contributed by atoms with Gasteiger partial charge in [-0.2, -0.15) is 0 Å². The van der Waals surface area contributed by atoms with Crippen molar-refractivity contribution in [2.24, 2.45) is 0 Å². The van der Waals surface area contributed by atoms with Crippen molar-refractivity contribution in [3.8, 4) is 11.5 Å². The van der Waals surface area contributed by atoms with Crippen LogP contribution in [-0.2, 0) is 6.42 Å². The maximum Gasteiger partial charge on any atom is 0.291 e. The molecule has 1 aromatic heterocycles. The molecule has 8 heteroatoms. The predicted octanol–water partition coefficient (Wildman–Crippen LogP) is 4.88. The molecule has 0 unspecified atom stereocenters. The summed E-state index contributed by atoms with van der Waals surface area (Å²) in [6.45, 7) is 2.05. The number of carbonyl (C=O) groups excluding carboxylic acids is 2. The number of nitrogens with one attached hydrogen (secondary N) is 2. The minimum absolute atomic E-state index is 0.138. The quantitative estimate of drug-likeness (QED) is 0.397. The summed E-state index contributed by atoms with van der Waals surface area (Å²) in [4.78, 5) is 38.6. The van der Waals surface area contributed by atoms with E-state index in [-0.39, 0.29) is 28.0 Å². The Hall–Kier alpha value is -4.59. The van der Waals surface area contributed by atoms with E-state index in [0.717, 1.165) is 18.1 Å². The highest BCUT2D eigenvalue weighted by atomic mass is 16.5. The van der Waals surface area contributed by atoms with Crippen LogP contribution in [0.5, 0.6) is 11.5 Å². The monoisotopic (exact) mass is 472 g/mol. The fraction of sp³-hybridized carbons (Fsp3) is 0.148. The zero-order chi connectivity index (χ0) is 24.9. The van der Waals surface area contributed by atoms with Crippen molar-refractivity contribution in [1.29, 1.82) is 0 Å². The van der Waals surface area contributed by atoms with Crippen molar-refractivity contribution in [3.63, 3.8) is 0 Å². The van der Waals surface area contributed by atoms with Crippen LogP contribution in [0.25, 0.3) is 11.0 Å². The van der Waals surface area contributed by atoms with E-state index in [0.29, 0.717) is 22.6 Å². The van der Waals surface area contributed by atoms with Crippen molar-refractivity contribution in [1.82, 2.24) is 0 Å². The highest BCUT2D eigenvalue weighted by Crippen LogP contribution is 2.34. The molecule has 0 saturated heterocycles. The molecule has 178 valence electrons. The van der Waals surface area contributed by atoms with E-state index >= 15 is 0 Å². The van der Waals surface area contributed by atoms with E-state index in [4.69, 9.17) is 13.9 Å². The lowest BCUT2D eigenvalue weighted by molar-refractivity contribution is 0.0997. The molecule has 0 aliphatic carbocycles. The molecule has 8 nitrogen and oxygen atoms in total. The van der Waals surface area contributed by atoms with Crippen LogP contribution in [-0.4, -0.2) is 26.0 Å². The van der Waals surface area contributed by atoms with Crippen molar-refractivity contribution in [2.45, 2.75) is 13.3 Å². The average molecular weight is 472 g/mol. The molecule has 0 radical (unpaired) electrons. The van der Waals surface area contributed by atoms with Gasteiger partial charge in [0.1, 0.15) is 5.58 Å². The number of amides is 2. The van der Waals surface area contributed by atoms with Gasteiger partial charge in [-0.3, -0.25) is 14.4 Å². The van der Waals surface area contributed by atoms with Crippen LogP contribution < -0.4 is 25.5 Å². The molecular weight excluding hydrogens is 448 g/mol. The first-order valence-electron chi connectivity index (χ1n) is 10.9. The largest absolute Gasteiger partial charge is 0.493 e. The number of fused-ring (bicyclic) bond motifs is 1. The molecule has 2 amide bonds. The Labute approximate surface area is 201 Å². The summed E-state index contributed by atoms with van der Waals surface area (Å²) in [6, 6.07) is 18.2. The van der Waals surface area contributed by atoms with Gasteiger partial charge >= 0.3 is 0 Å². The molecular formula is C27H24N2O6. The minimum Gasteiger partial charge on any atom is -0.493 e. The Bertz CT molecular complexity index is 1460. The van der Waals surface area contributed by atoms with Crippen LogP contribution in [0.4, 0.5) is 11.4 Å². The van der Waals surface area contributed by atoms with Gasteiger partial charge in [-0.15, -0.1) is 0 Å². The third-order valence-corrected chi connectivity index (χ3v) is 5.50. The van der Waals surface area contributed by atoms with Gasteiger partial charge in [0.05, 0.1) is 30.9 Å². The standard InChI is InChI=1S/C27H24N2O6/c1-4-16-9-11-17(12-10-16)28-26(31)19-13-23(33-2)24(34-3)14-20(19)29-27(32)25-15-21(30)18-7-5-6-8-22(18)35-25/h5-15H,4H2,1-3H3,(H,28,31)(H,29,32). The Morgan fingerprint density at radius 2 is 1.54 bits per heavy atom. The second-order valence-corrected chi connectivity index (χ2v) is 7.68. The van der Waals surface area contributed by atoms with E-state index in [2.05, 4.69) is 10.6 Å². The summed E-state index contributed by atoms with van der Waals surface area (Å²) in [6.07, 6.45) is 0.880. The van der Waals surface area contributed by atoms with Gasteiger partial charge in [0, 0.05) is 17.8 Å². The number of benzene rings is 3. The fourth-order valence-electron chi connectivity index (χ4n) is 3.59. The second-order valence-electron chi connectivity index (χ2n) is 7.68. The van der Waals surface area contributed by atoms with Gasteiger partial charge in [-0.1, -0.05) is 31.2 Å². The smallest absolute Gasteiger partial charge is 0.291 e. The lowest BCUT2D eigenvalue weighted by atomic mass is 10.1. The number of hydrogen-bond donors (Lipinski definition) is 2. The van der Waals surface area contributed by atoms with Crippen molar-refractivity contribution in [2.75, 3.05) is 24.9 Å². The van der Waals surface area contributed by atoms with E-state index in [1.54, 1.807) is 36.4 Å². The summed E-state index contributed by atoms with van der Waals surface area (Å²) in [7, 11) is 2.89. The van der Waals surface area contributed by atoms with Crippen LogP contribution in [0, 0.1) is 0 Å². The Morgan fingerprint density at radius 3 is 2.23 bits per heavy atom. The fourth-order valence-corrected chi connectivity index (χ4v) is 3.59. The molecule has 0 saturated carbocycles. The van der Waals surface area contributed by atoms with Crippen LogP contribution in [0.15, 0.2) is 75.9 Å². The number of hydrogen-bond acceptors (Lipinski definition) is 6. The van der Waals surface area contributed by atoms with E-state index in [1.165, 1.54) is 26.4 Å². The molecule has 0 spiro atoms. The van der Waals surface area contributed by atoms with E-state index in [9.17, 15) is 14.4 Å². The van der Waals surface area contributed by atoms with Crippen LogP contribution in [0.2, 0.25) is 0 Å². The maximum atomic E-state index is 13.2. The first-order valence-corrected chi connectivity index (χ1v) is 10.9. The van der Waals surface area contributed by atoms with Gasteiger partial charge in [0.2, 0.25) is 0 Å². The molecule has 0 bridgehead atoms. The van der Waals surface area contributed by atoms with Gasteiger partial charge in [-0.25, -0.2) is 0 Å². The summed E-state index contributed by atoms with van der Waals surface area (Å²) in [5.74, 6) is -0.724. The highest BCUT2D eigenvalue weighted by Gasteiger charge is 2.21. The van der Waals surface area contributed by atoms with Crippen molar-refractivity contribution in [3.05, 3.63) is 93.8 Å². The topological polar surface area (TPSA) is 107 Å². The number of ether oxygens (including phenoxy) is 2. The van der Waals surface area contributed by atoms with E-state index < -0.39 is 11.8 Å². The summed E-state index contributed by atoms with van der Waals surface area (Å²) >= 11 is 0. The first kappa shape index (κ1) is 23.6. The highest BCUT2D eigenvalue weighted by molar-refractivity contribution is 6.12. The molecule has 1 heterocycles. The number of anilines is 2. The number of aryl methyl sites for hydroxylation is 1. The molecule has 0 aliphatic rings. The lowest BCUT2D eigenvalue weighted by Crippen LogP contribution is -2.19. The van der Waals surface area contributed by atoms with Gasteiger partial charge in [0.25, 0.3) is 11.8 Å². The third kappa shape index (κ3) is 5.01. The summed E-state index contributed by atoms with van der Waals surface area (Å²) in [5.41, 5.74) is 1.97. The Morgan fingerprint density at radius 1 is 0.857 bits per heavy atom. The second kappa shape index (κ2) is 10.1. The van der Waals surface area contributed by atoms with Gasteiger partial charge in [-0.05, 0) is 42.3 Å². The van der Waals surface area contributed by atoms with Gasteiger partial charge in [0.15, 0.2) is 22.7 Å². The number of carbonyl (C=O) groups is 2. The average Bonchev–Trinajstić information content (AvgIpc) is 2.88. The van der Waals surface area contributed by atoms with Crippen molar-refractivity contribution >= 4 is 34.2 Å². The van der Waals surface area contributed by atoms with Crippen LogP contribution in [0.3, 0.4) is 0 Å². The summed E-state index contributed by atoms with van der Waals surface area (Å²) < 4.78 is 16.3. The normalized spacial score (nSPS) is 10.6.